The molecular weight excluding hydrogens is 452 g/mol. The molecule has 4 N–H and O–H groups in total. The maximum Gasteiger partial charge on any atom is 0.328 e. The van der Waals surface area contributed by atoms with E-state index in [1.165, 1.54) is 16.7 Å². The van der Waals surface area contributed by atoms with E-state index in [2.05, 4.69) is 20.1 Å². The Balaban J connectivity index is 1.49. The molecule has 11 nitrogen and oxygen atoms in total. The van der Waals surface area contributed by atoms with Gasteiger partial charge in [0.05, 0.1) is 36.0 Å². The molecule has 1 aromatic heterocycles. The standard InChI is InChI=1S/C24H30N6O5/c1-3-35-21-14-16-17(15-18(21)26-23(25)32)27-24(33)30(22(16)31)13-10-28-8-11-29(12-9-28)19-6-4-5-7-20(19)34-2/h4-7,14-15H,3,8-13H2,1-2H3,(H,27,33)(H3,25,26,32). The fraction of sp³-hybridized carbons (Fsp3) is 0.375. The van der Waals surface area contributed by atoms with Crippen molar-refractivity contribution in [2.45, 2.75) is 13.5 Å². The summed E-state index contributed by atoms with van der Waals surface area (Å²) in [6.07, 6.45) is 0. The predicted molar refractivity (Wildman–Crippen MR) is 135 cm³/mol. The van der Waals surface area contributed by atoms with Crippen molar-refractivity contribution < 1.29 is 14.3 Å². The first-order chi connectivity index (χ1) is 16.9. The van der Waals surface area contributed by atoms with E-state index in [4.69, 9.17) is 15.2 Å². The Labute approximate surface area is 202 Å². The molecule has 1 aliphatic rings. The van der Waals surface area contributed by atoms with Crippen LogP contribution in [0.4, 0.5) is 16.2 Å². The van der Waals surface area contributed by atoms with Gasteiger partial charge in [-0.25, -0.2) is 9.59 Å². The van der Waals surface area contributed by atoms with Crippen LogP contribution in [-0.2, 0) is 6.54 Å². The lowest BCUT2D eigenvalue weighted by molar-refractivity contribution is 0.245. The number of aromatic amines is 1. The highest BCUT2D eigenvalue weighted by Crippen LogP contribution is 2.29. The summed E-state index contributed by atoms with van der Waals surface area (Å²) in [6, 6.07) is 10.2. The average molecular weight is 483 g/mol. The summed E-state index contributed by atoms with van der Waals surface area (Å²) >= 11 is 0. The van der Waals surface area contributed by atoms with Gasteiger partial charge in [0.1, 0.15) is 11.5 Å². The van der Waals surface area contributed by atoms with Crippen LogP contribution in [0.15, 0.2) is 46.0 Å². The number of fused-ring (bicyclic) bond motifs is 1. The third-order valence-electron chi connectivity index (χ3n) is 6.08. The summed E-state index contributed by atoms with van der Waals surface area (Å²) in [7, 11) is 1.67. The van der Waals surface area contributed by atoms with Crippen molar-refractivity contribution in [3.05, 3.63) is 57.2 Å². The van der Waals surface area contributed by atoms with Crippen molar-refractivity contribution in [3.63, 3.8) is 0 Å². The SMILES string of the molecule is CCOc1cc2c(=O)n(CCN3CCN(c4ccccc4OC)CC3)c(=O)[nH]c2cc1NC(N)=O. The highest BCUT2D eigenvalue weighted by molar-refractivity contribution is 5.94. The molecule has 0 atom stereocenters. The second-order valence-corrected chi connectivity index (χ2v) is 8.20. The van der Waals surface area contributed by atoms with E-state index < -0.39 is 17.3 Å². The Morgan fingerprint density at radius 2 is 1.83 bits per heavy atom. The number of nitrogens with zero attached hydrogens (tertiary/aromatic N) is 3. The van der Waals surface area contributed by atoms with Crippen molar-refractivity contribution in [2.75, 3.05) is 56.7 Å². The summed E-state index contributed by atoms with van der Waals surface area (Å²) in [6.45, 7) is 6.17. The van der Waals surface area contributed by atoms with Gasteiger partial charge in [-0.3, -0.25) is 14.3 Å². The highest BCUT2D eigenvalue weighted by Gasteiger charge is 2.20. The van der Waals surface area contributed by atoms with E-state index in [9.17, 15) is 14.4 Å². The molecule has 2 heterocycles. The Morgan fingerprint density at radius 1 is 1.09 bits per heavy atom. The number of amides is 2. The fourth-order valence-corrected chi connectivity index (χ4v) is 4.33. The number of para-hydroxylation sites is 2. The zero-order valence-electron chi connectivity index (χ0n) is 19.9. The largest absolute Gasteiger partial charge is 0.495 e. The number of rotatable bonds is 8. The monoisotopic (exact) mass is 482 g/mol. The van der Waals surface area contributed by atoms with E-state index in [1.54, 1.807) is 14.0 Å². The highest BCUT2D eigenvalue weighted by atomic mass is 16.5. The molecule has 2 aromatic carbocycles. The number of piperazine rings is 1. The Hall–Kier alpha value is -3.99. The van der Waals surface area contributed by atoms with Crippen LogP contribution < -0.4 is 36.7 Å². The van der Waals surface area contributed by atoms with Gasteiger partial charge in [-0.2, -0.15) is 0 Å². The van der Waals surface area contributed by atoms with E-state index in [-0.39, 0.29) is 12.2 Å². The first kappa shape index (κ1) is 24.1. The molecule has 1 aliphatic heterocycles. The number of anilines is 2. The maximum absolute atomic E-state index is 13.2. The van der Waals surface area contributed by atoms with Gasteiger partial charge in [0.25, 0.3) is 5.56 Å². The molecular formula is C24H30N6O5. The molecule has 1 fully saturated rings. The van der Waals surface area contributed by atoms with Crippen molar-refractivity contribution in [3.8, 4) is 11.5 Å². The predicted octanol–water partition coefficient (Wildman–Crippen LogP) is 1.41. The number of hydrogen-bond acceptors (Lipinski definition) is 7. The number of benzene rings is 2. The molecule has 186 valence electrons. The normalized spacial score (nSPS) is 14.2. The molecule has 0 radical (unpaired) electrons. The lowest BCUT2D eigenvalue weighted by Crippen LogP contribution is -2.48. The lowest BCUT2D eigenvalue weighted by atomic mass is 10.2. The van der Waals surface area contributed by atoms with E-state index in [0.29, 0.717) is 29.8 Å². The summed E-state index contributed by atoms with van der Waals surface area (Å²) in [4.78, 5) is 44.4. The summed E-state index contributed by atoms with van der Waals surface area (Å²) in [5.74, 6) is 1.15. The Morgan fingerprint density at radius 3 is 2.51 bits per heavy atom. The van der Waals surface area contributed by atoms with Crippen molar-refractivity contribution in [1.82, 2.24) is 14.5 Å². The molecule has 2 amide bonds. The van der Waals surface area contributed by atoms with Crippen molar-refractivity contribution >= 4 is 28.3 Å². The van der Waals surface area contributed by atoms with Crippen LogP contribution in [0.25, 0.3) is 10.9 Å². The lowest BCUT2D eigenvalue weighted by Gasteiger charge is -2.36. The van der Waals surface area contributed by atoms with E-state index in [0.717, 1.165) is 37.6 Å². The number of primary amides is 1. The smallest absolute Gasteiger partial charge is 0.328 e. The molecule has 1 saturated heterocycles. The molecule has 35 heavy (non-hydrogen) atoms. The Kier molecular flexibility index (Phi) is 7.25. The van der Waals surface area contributed by atoms with Crippen LogP contribution in [0.2, 0.25) is 0 Å². The second kappa shape index (κ2) is 10.5. The van der Waals surface area contributed by atoms with E-state index >= 15 is 0 Å². The minimum atomic E-state index is -0.771. The van der Waals surface area contributed by atoms with Crippen molar-refractivity contribution in [1.29, 1.82) is 0 Å². The number of hydrogen-bond donors (Lipinski definition) is 3. The maximum atomic E-state index is 13.2. The molecule has 0 unspecified atom stereocenters. The van der Waals surface area contributed by atoms with Crippen LogP contribution >= 0.6 is 0 Å². The topological polar surface area (TPSA) is 135 Å². The third kappa shape index (κ3) is 5.24. The molecule has 3 aromatic rings. The van der Waals surface area contributed by atoms with Gasteiger partial charge in [-0.1, -0.05) is 12.1 Å². The molecule has 0 aliphatic carbocycles. The van der Waals surface area contributed by atoms with Gasteiger partial charge >= 0.3 is 11.7 Å². The third-order valence-corrected chi connectivity index (χ3v) is 6.08. The van der Waals surface area contributed by atoms with Crippen LogP contribution in [0, 0.1) is 0 Å². The molecule has 4 rings (SSSR count). The summed E-state index contributed by atoms with van der Waals surface area (Å²) < 4.78 is 12.2. The molecule has 11 heteroatoms. The number of H-pyrrole nitrogens is 1. The number of aromatic nitrogens is 2. The quantitative estimate of drug-likeness (QED) is 0.442. The van der Waals surface area contributed by atoms with Crippen LogP contribution in [0.3, 0.4) is 0 Å². The van der Waals surface area contributed by atoms with Gasteiger partial charge in [0.2, 0.25) is 0 Å². The first-order valence-corrected chi connectivity index (χ1v) is 11.5. The minimum Gasteiger partial charge on any atom is -0.495 e. The van der Waals surface area contributed by atoms with E-state index in [1.807, 2.05) is 24.3 Å². The number of nitrogens with one attached hydrogen (secondary N) is 2. The van der Waals surface area contributed by atoms with Gasteiger partial charge in [-0.05, 0) is 31.2 Å². The number of carbonyl (C=O) groups excluding carboxylic acids is 1. The Bertz CT molecular complexity index is 1330. The first-order valence-electron chi connectivity index (χ1n) is 11.5. The van der Waals surface area contributed by atoms with Crippen LogP contribution in [-0.4, -0.2) is 66.9 Å². The number of methoxy groups -OCH3 is 1. The summed E-state index contributed by atoms with van der Waals surface area (Å²) in [5, 5.41) is 2.75. The molecule has 0 spiro atoms. The molecule has 0 saturated carbocycles. The zero-order chi connectivity index (χ0) is 24.9. The molecule has 0 bridgehead atoms. The van der Waals surface area contributed by atoms with Gasteiger partial charge in [0, 0.05) is 39.3 Å². The second-order valence-electron chi connectivity index (χ2n) is 8.20. The number of carbonyl (C=O) groups is 1. The van der Waals surface area contributed by atoms with Crippen molar-refractivity contribution in [2.24, 2.45) is 5.73 Å². The zero-order valence-corrected chi connectivity index (χ0v) is 19.9. The van der Waals surface area contributed by atoms with Gasteiger partial charge in [-0.15, -0.1) is 0 Å². The summed E-state index contributed by atoms with van der Waals surface area (Å²) in [5.41, 5.74) is 5.95. The van der Waals surface area contributed by atoms with Crippen LogP contribution in [0.1, 0.15) is 6.92 Å². The van der Waals surface area contributed by atoms with Crippen LogP contribution in [0.5, 0.6) is 11.5 Å². The minimum absolute atomic E-state index is 0.254. The number of nitrogens with two attached hydrogens (primary N) is 1. The number of ether oxygens (including phenoxy) is 2. The average Bonchev–Trinajstić information content (AvgIpc) is 2.85. The van der Waals surface area contributed by atoms with Gasteiger partial charge in [0.15, 0.2) is 0 Å². The van der Waals surface area contributed by atoms with Gasteiger partial charge < -0.3 is 30.4 Å². The fourth-order valence-electron chi connectivity index (χ4n) is 4.33. The number of urea groups is 1.